The molecule has 2 aliphatic rings. The van der Waals surface area contributed by atoms with Crippen LogP contribution >= 0.6 is 11.8 Å². The summed E-state index contributed by atoms with van der Waals surface area (Å²) in [5, 5.41) is 8.45. The van der Waals surface area contributed by atoms with Gasteiger partial charge < -0.3 is 18.9 Å². The van der Waals surface area contributed by atoms with E-state index in [1.54, 1.807) is 30.3 Å². The molecule has 1 fully saturated rings. The maximum Gasteiger partial charge on any atom is 0.411 e. The van der Waals surface area contributed by atoms with Crippen molar-refractivity contribution in [3.05, 3.63) is 53.6 Å². The van der Waals surface area contributed by atoms with Crippen LogP contribution < -0.4 is 14.8 Å². The van der Waals surface area contributed by atoms with Crippen molar-refractivity contribution in [2.24, 2.45) is 5.10 Å². The van der Waals surface area contributed by atoms with Crippen molar-refractivity contribution in [1.82, 2.24) is 9.91 Å². The molecule has 0 spiro atoms. The standard InChI is InChI=1S/C26H31FN4O6S/c1-34-23-8-5-20(15-24(23)37-18-27)22-17-38-26(33)31(29-22)16-19-3-6-21(7-4-19)28-25(32)36-12-2-9-30-10-13-35-14-11-30/h3-8,15H,2,9-14,16-18H2,1H3,(H,28,32). The lowest BCUT2D eigenvalue weighted by molar-refractivity contribution is 0.0348. The first-order valence-corrected chi connectivity index (χ1v) is 13.3. The van der Waals surface area contributed by atoms with Crippen molar-refractivity contribution in [3.8, 4) is 11.5 Å². The molecule has 2 aromatic rings. The molecule has 0 saturated carbocycles. The Morgan fingerprint density at radius 3 is 2.68 bits per heavy atom. The number of alkyl halides is 1. The number of benzene rings is 2. The van der Waals surface area contributed by atoms with Gasteiger partial charge in [0.2, 0.25) is 6.86 Å². The molecule has 0 aliphatic carbocycles. The van der Waals surface area contributed by atoms with Gasteiger partial charge in [-0.25, -0.2) is 14.2 Å². The fourth-order valence-electron chi connectivity index (χ4n) is 3.99. The number of morpholine rings is 1. The minimum atomic E-state index is -0.983. The number of thioether (sulfide) groups is 1. The molecule has 0 aromatic heterocycles. The van der Waals surface area contributed by atoms with Crippen LogP contribution in [0, 0.1) is 0 Å². The molecule has 10 nitrogen and oxygen atoms in total. The Kier molecular flexibility index (Phi) is 10.2. The Morgan fingerprint density at radius 2 is 1.95 bits per heavy atom. The van der Waals surface area contributed by atoms with E-state index in [1.807, 2.05) is 12.1 Å². The Labute approximate surface area is 225 Å². The molecule has 2 heterocycles. The lowest BCUT2D eigenvalue weighted by Crippen LogP contribution is -2.37. The van der Waals surface area contributed by atoms with E-state index in [1.165, 1.54) is 12.1 Å². The highest BCUT2D eigenvalue weighted by Gasteiger charge is 2.23. The van der Waals surface area contributed by atoms with Crippen molar-refractivity contribution < 1.29 is 32.9 Å². The molecule has 2 amide bonds. The number of nitrogens with one attached hydrogen (secondary N) is 1. The van der Waals surface area contributed by atoms with Gasteiger partial charge in [0.05, 0.1) is 39.2 Å². The number of methoxy groups -OCH3 is 1. The number of carbonyl (C=O) groups is 2. The van der Waals surface area contributed by atoms with Crippen LogP contribution in [0.15, 0.2) is 47.6 Å². The van der Waals surface area contributed by atoms with E-state index in [2.05, 4.69) is 15.3 Å². The smallest absolute Gasteiger partial charge is 0.411 e. The fraction of sp³-hybridized carbons (Fsp3) is 0.423. The van der Waals surface area contributed by atoms with Gasteiger partial charge in [0.1, 0.15) is 0 Å². The zero-order valence-corrected chi connectivity index (χ0v) is 22.0. The van der Waals surface area contributed by atoms with Crippen molar-refractivity contribution in [3.63, 3.8) is 0 Å². The van der Waals surface area contributed by atoms with Gasteiger partial charge in [-0.05, 0) is 42.3 Å². The van der Waals surface area contributed by atoms with E-state index < -0.39 is 13.0 Å². The van der Waals surface area contributed by atoms with Gasteiger partial charge in [0.15, 0.2) is 11.5 Å². The minimum absolute atomic E-state index is 0.176. The number of halogens is 1. The summed E-state index contributed by atoms with van der Waals surface area (Å²) in [6.45, 7) is 3.79. The summed E-state index contributed by atoms with van der Waals surface area (Å²) < 4.78 is 33.6. The lowest BCUT2D eigenvalue weighted by Gasteiger charge is -2.26. The van der Waals surface area contributed by atoms with Crippen molar-refractivity contribution in [2.45, 2.75) is 13.0 Å². The molecular formula is C26H31FN4O6S. The summed E-state index contributed by atoms with van der Waals surface area (Å²) >= 11 is 1.13. The van der Waals surface area contributed by atoms with Gasteiger partial charge in [-0.3, -0.25) is 15.0 Å². The Morgan fingerprint density at radius 1 is 1.16 bits per heavy atom. The molecule has 2 aromatic carbocycles. The number of nitrogens with zero attached hydrogens (tertiary/aromatic N) is 3. The highest BCUT2D eigenvalue weighted by molar-refractivity contribution is 8.14. The van der Waals surface area contributed by atoms with Crippen molar-refractivity contribution in [2.75, 3.05) is 64.5 Å². The molecule has 1 saturated heterocycles. The molecule has 0 unspecified atom stereocenters. The molecule has 1 N–H and O–H groups in total. The predicted molar refractivity (Wildman–Crippen MR) is 143 cm³/mol. The third-order valence-electron chi connectivity index (χ3n) is 5.98. The molecule has 204 valence electrons. The number of amides is 2. The number of hydrogen-bond donors (Lipinski definition) is 1. The summed E-state index contributed by atoms with van der Waals surface area (Å²) in [5.74, 6) is 1.06. The first-order valence-electron chi connectivity index (χ1n) is 12.3. The van der Waals surface area contributed by atoms with Crippen LogP contribution in [-0.4, -0.2) is 86.1 Å². The molecule has 0 bridgehead atoms. The first kappa shape index (κ1) is 27.7. The van der Waals surface area contributed by atoms with Crippen molar-refractivity contribution >= 4 is 34.5 Å². The van der Waals surface area contributed by atoms with Crippen LogP contribution in [0.2, 0.25) is 0 Å². The fourth-order valence-corrected chi connectivity index (χ4v) is 4.73. The topological polar surface area (TPSA) is 102 Å². The third kappa shape index (κ3) is 7.83. The molecule has 0 atom stereocenters. The van der Waals surface area contributed by atoms with Crippen LogP contribution in [-0.2, 0) is 16.0 Å². The second kappa shape index (κ2) is 14.0. The van der Waals surface area contributed by atoms with Crippen LogP contribution in [0.1, 0.15) is 17.5 Å². The maximum atomic E-state index is 12.8. The van der Waals surface area contributed by atoms with Gasteiger partial charge in [-0.2, -0.15) is 5.10 Å². The average Bonchev–Trinajstić information content (AvgIpc) is 2.94. The number of anilines is 1. The number of carbonyl (C=O) groups excluding carboxylic acids is 2. The molecule has 2 aliphatic heterocycles. The van der Waals surface area contributed by atoms with E-state index >= 15 is 0 Å². The van der Waals surface area contributed by atoms with Crippen LogP contribution in [0.4, 0.5) is 19.7 Å². The highest BCUT2D eigenvalue weighted by atomic mass is 32.2. The second-order valence-corrected chi connectivity index (χ2v) is 9.47. The zero-order valence-electron chi connectivity index (χ0n) is 21.2. The Bertz CT molecular complexity index is 1130. The number of hydrogen-bond acceptors (Lipinski definition) is 9. The van der Waals surface area contributed by atoms with Gasteiger partial charge in [-0.1, -0.05) is 23.9 Å². The van der Waals surface area contributed by atoms with E-state index in [4.69, 9.17) is 18.9 Å². The summed E-state index contributed by atoms with van der Waals surface area (Å²) in [7, 11) is 1.48. The first-order chi connectivity index (χ1) is 18.6. The SMILES string of the molecule is COc1ccc(C2=NN(Cc3ccc(NC(=O)OCCCN4CCOCC4)cc3)C(=O)SC2)cc1OCF. The van der Waals surface area contributed by atoms with Crippen LogP contribution in [0.25, 0.3) is 0 Å². The highest BCUT2D eigenvalue weighted by Crippen LogP contribution is 2.30. The van der Waals surface area contributed by atoms with Crippen LogP contribution in [0.5, 0.6) is 11.5 Å². The minimum Gasteiger partial charge on any atom is -0.493 e. The van der Waals surface area contributed by atoms with Crippen molar-refractivity contribution in [1.29, 1.82) is 0 Å². The normalized spacial score (nSPS) is 16.1. The second-order valence-electron chi connectivity index (χ2n) is 8.54. The predicted octanol–water partition coefficient (Wildman–Crippen LogP) is 4.34. The zero-order chi connectivity index (χ0) is 26.7. The molecule has 12 heteroatoms. The largest absolute Gasteiger partial charge is 0.493 e. The van der Waals surface area contributed by atoms with E-state index in [-0.39, 0.29) is 17.5 Å². The van der Waals surface area contributed by atoms with E-state index in [0.717, 1.165) is 56.6 Å². The number of hydrazone groups is 1. The van der Waals surface area contributed by atoms with E-state index in [0.29, 0.717) is 35.1 Å². The molecule has 0 radical (unpaired) electrons. The molecular weight excluding hydrogens is 515 g/mol. The van der Waals surface area contributed by atoms with Crippen LogP contribution in [0.3, 0.4) is 0 Å². The molecule has 38 heavy (non-hydrogen) atoms. The van der Waals surface area contributed by atoms with Gasteiger partial charge in [0, 0.05) is 36.6 Å². The maximum absolute atomic E-state index is 12.8. The van der Waals surface area contributed by atoms with Gasteiger partial charge >= 0.3 is 11.3 Å². The summed E-state index contributed by atoms with van der Waals surface area (Å²) in [4.78, 5) is 26.9. The Hall–Kier alpha value is -3.35. The summed E-state index contributed by atoms with van der Waals surface area (Å²) in [6.07, 6.45) is 0.254. The summed E-state index contributed by atoms with van der Waals surface area (Å²) in [6, 6.07) is 12.2. The quantitative estimate of drug-likeness (QED) is 0.415. The van der Waals surface area contributed by atoms with E-state index in [9.17, 15) is 14.0 Å². The number of ether oxygens (including phenoxy) is 4. The monoisotopic (exact) mass is 546 g/mol. The van der Waals surface area contributed by atoms with Gasteiger partial charge in [-0.15, -0.1) is 0 Å². The summed E-state index contributed by atoms with van der Waals surface area (Å²) in [5.41, 5.74) is 2.80. The number of rotatable bonds is 11. The Balaban J connectivity index is 1.29. The third-order valence-corrected chi connectivity index (χ3v) is 6.86. The lowest BCUT2D eigenvalue weighted by atomic mass is 10.1. The average molecular weight is 547 g/mol. The van der Waals surface area contributed by atoms with Gasteiger partial charge in [0.25, 0.3) is 0 Å². The molecule has 4 rings (SSSR count).